The third kappa shape index (κ3) is 8.14. The van der Waals surface area contributed by atoms with Crippen LogP contribution in [0, 0.1) is 5.92 Å². The number of benzene rings is 2. The smallest absolute Gasteiger partial charge is 0.459 e. The third-order valence-corrected chi connectivity index (χ3v) is 9.26. The minimum Gasteiger partial charge on any atom is -0.467 e. The van der Waals surface area contributed by atoms with E-state index in [1.54, 1.807) is 17.0 Å². The van der Waals surface area contributed by atoms with E-state index in [-0.39, 0.29) is 24.4 Å². The number of aromatic nitrogens is 4. The van der Waals surface area contributed by atoms with Crippen LogP contribution in [0.15, 0.2) is 48.8 Å². The number of carbonyl (C=O) groups excluding carboxylic acids is 1. The Hall–Kier alpha value is -3.77. The largest absolute Gasteiger partial charge is 0.467 e. The average molecular weight is 655 g/mol. The summed E-state index contributed by atoms with van der Waals surface area (Å²) in [5.74, 6) is 0.189. The molecular formula is C32H43N6O7P. The topological polar surface area (TPSA) is 162 Å². The summed E-state index contributed by atoms with van der Waals surface area (Å²) in [7, 11) is -2.69. The number of nitrogens with two attached hydrogens (primary N) is 1. The molecule has 5 rings (SSSR count). The van der Waals surface area contributed by atoms with Gasteiger partial charge in [-0.15, -0.1) is 0 Å². The summed E-state index contributed by atoms with van der Waals surface area (Å²) in [4.78, 5) is 26.1. The number of esters is 1. The molecule has 1 unspecified atom stereocenters. The van der Waals surface area contributed by atoms with Crippen molar-refractivity contribution in [2.24, 2.45) is 5.92 Å². The summed E-state index contributed by atoms with van der Waals surface area (Å²) in [5, 5.41) is 4.62. The standard InChI is InChI=1S/C32H43N6O7P/c1-5-6-9-17-42-31(39)25(18-21(2)3)37-46(40,45-26-14-10-12-22-11-7-8-13-24(22)26)43-19-23-15-16-27(44-23)38-20-34-28-29(33)35-32(41-4)36-30(28)38/h7-8,10-14,20-21,23,25,27H,5-6,9,15-19H2,1-4H3,(H,37,40)(H2,33,35,36)/t23-,25-,27+,46?/m0/s1. The maximum atomic E-state index is 14.6. The first-order chi connectivity index (χ1) is 22.2. The van der Waals surface area contributed by atoms with Crippen molar-refractivity contribution in [2.75, 3.05) is 26.1 Å². The van der Waals surface area contributed by atoms with Gasteiger partial charge in [-0.2, -0.15) is 15.1 Å². The molecule has 3 N–H and O–H groups in total. The molecule has 1 saturated heterocycles. The number of nitrogen functional groups attached to an aromatic ring is 1. The predicted octanol–water partition coefficient (Wildman–Crippen LogP) is 6.19. The van der Waals surface area contributed by atoms with E-state index in [2.05, 4.69) is 27.0 Å². The van der Waals surface area contributed by atoms with Crippen LogP contribution in [0.1, 0.15) is 65.5 Å². The second-order valence-corrected chi connectivity index (χ2v) is 13.5. The van der Waals surface area contributed by atoms with Crippen LogP contribution in [0.4, 0.5) is 5.82 Å². The van der Waals surface area contributed by atoms with E-state index in [0.717, 1.165) is 30.0 Å². The Balaban J connectivity index is 1.35. The molecule has 4 aromatic rings. The number of hydrogen-bond acceptors (Lipinski definition) is 11. The van der Waals surface area contributed by atoms with Gasteiger partial charge in [0, 0.05) is 5.39 Å². The number of hydrogen-bond donors (Lipinski definition) is 2. The van der Waals surface area contributed by atoms with E-state index >= 15 is 0 Å². The van der Waals surface area contributed by atoms with Crippen molar-refractivity contribution in [3.8, 4) is 11.8 Å². The Morgan fingerprint density at radius 3 is 2.74 bits per heavy atom. The van der Waals surface area contributed by atoms with Crippen LogP contribution < -0.4 is 20.1 Å². The maximum Gasteiger partial charge on any atom is 0.459 e. The summed E-state index contributed by atoms with van der Waals surface area (Å²) in [5.41, 5.74) is 6.97. The molecule has 2 aromatic heterocycles. The third-order valence-electron chi connectivity index (χ3n) is 7.70. The van der Waals surface area contributed by atoms with Crippen LogP contribution in [-0.2, 0) is 23.4 Å². The van der Waals surface area contributed by atoms with Crippen LogP contribution in [0.5, 0.6) is 11.8 Å². The molecule has 14 heteroatoms. The lowest BCUT2D eigenvalue weighted by Crippen LogP contribution is -2.39. The van der Waals surface area contributed by atoms with Gasteiger partial charge in [-0.1, -0.05) is 70.0 Å². The van der Waals surface area contributed by atoms with Crippen molar-refractivity contribution < 1.29 is 32.6 Å². The van der Waals surface area contributed by atoms with E-state index in [9.17, 15) is 9.36 Å². The maximum absolute atomic E-state index is 14.6. The molecule has 0 radical (unpaired) electrons. The van der Waals surface area contributed by atoms with Crippen molar-refractivity contribution in [3.63, 3.8) is 0 Å². The molecule has 1 aliphatic heterocycles. The van der Waals surface area contributed by atoms with Gasteiger partial charge in [-0.25, -0.2) is 9.55 Å². The van der Waals surface area contributed by atoms with Crippen LogP contribution >= 0.6 is 7.75 Å². The van der Waals surface area contributed by atoms with Gasteiger partial charge in [0.25, 0.3) is 0 Å². The highest BCUT2D eigenvalue weighted by Crippen LogP contribution is 2.48. The van der Waals surface area contributed by atoms with Gasteiger partial charge in [-0.05, 0) is 43.1 Å². The van der Waals surface area contributed by atoms with Crippen molar-refractivity contribution in [2.45, 2.75) is 77.7 Å². The summed E-state index contributed by atoms with van der Waals surface area (Å²) >= 11 is 0. The monoisotopic (exact) mass is 654 g/mol. The lowest BCUT2D eigenvalue weighted by molar-refractivity contribution is -0.146. The van der Waals surface area contributed by atoms with Crippen LogP contribution in [0.2, 0.25) is 0 Å². The molecule has 46 heavy (non-hydrogen) atoms. The SMILES string of the molecule is CCCCCOC(=O)[C@H](CC(C)C)NP(=O)(OC[C@@H]1CC[C@H](n2cnc3c(N)nc(OC)nc32)O1)Oc1cccc2ccccc12. The number of carbonyl (C=O) groups is 1. The molecule has 0 saturated carbocycles. The van der Waals surface area contributed by atoms with E-state index in [0.29, 0.717) is 42.8 Å². The quantitative estimate of drug-likeness (QED) is 0.0802. The van der Waals surface area contributed by atoms with Gasteiger partial charge >= 0.3 is 19.7 Å². The number of ether oxygens (including phenoxy) is 3. The Bertz CT molecular complexity index is 1680. The second kappa shape index (κ2) is 15.2. The fourth-order valence-corrected chi connectivity index (χ4v) is 6.95. The summed E-state index contributed by atoms with van der Waals surface area (Å²) < 4.78 is 45.6. The van der Waals surface area contributed by atoms with Gasteiger partial charge < -0.3 is 24.5 Å². The van der Waals surface area contributed by atoms with Crippen molar-refractivity contribution in [1.82, 2.24) is 24.6 Å². The second-order valence-electron chi connectivity index (χ2n) is 11.8. The highest BCUT2D eigenvalue weighted by Gasteiger charge is 2.38. The van der Waals surface area contributed by atoms with E-state index in [4.69, 9.17) is 29.0 Å². The number of unbranched alkanes of at least 4 members (excludes halogenated alkanes) is 2. The Kier molecular flexibility index (Phi) is 11.1. The van der Waals surface area contributed by atoms with Crippen LogP contribution in [0.3, 0.4) is 0 Å². The molecule has 4 atom stereocenters. The van der Waals surface area contributed by atoms with Gasteiger partial charge in [0.15, 0.2) is 17.0 Å². The van der Waals surface area contributed by atoms with Crippen molar-refractivity contribution in [3.05, 3.63) is 48.8 Å². The molecule has 2 aromatic carbocycles. The molecule has 0 amide bonds. The van der Waals surface area contributed by atoms with Gasteiger partial charge in [0.05, 0.1) is 32.8 Å². The zero-order chi connectivity index (χ0) is 32.7. The fraction of sp³-hybridized carbons (Fsp3) is 0.500. The molecular weight excluding hydrogens is 611 g/mol. The molecule has 0 aliphatic carbocycles. The first-order valence-corrected chi connectivity index (χ1v) is 17.3. The van der Waals surface area contributed by atoms with E-state index in [1.165, 1.54) is 7.11 Å². The van der Waals surface area contributed by atoms with Gasteiger partial charge in [0.1, 0.15) is 18.0 Å². The zero-order valence-corrected chi connectivity index (χ0v) is 27.7. The number of nitrogens with one attached hydrogen (secondary N) is 1. The van der Waals surface area contributed by atoms with E-state index in [1.807, 2.05) is 50.2 Å². The lowest BCUT2D eigenvalue weighted by atomic mass is 10.1. The Labute approximate surface area is 268 Å². The van der Waals surface area contributed by atoms with Crippen molar-refractivity contribution >= 4 is 41.5 Å². The number of nitrogens with zero attached hydrogens (tertiary/aromatic N) is 4. The average Bonchev–Trinajstić information content (AvgIpc) is 3.69. The predicted molar refractivity (Wildman–Crippen MR) is 174 cm³/mol. The molecule has 0 bridgehead atoms. The Morgan fingerprint density at radius 1 is 1.15 bits per heavy atom. The van der Waals surface area contributed by atoms with Crippen LogP contribution in [-0.4, -0.2) is 58.0 Å². The molecule has 3 heterocycles. The molecule has 1 fully saturated rings. The highest BCUT2D eigenvalue weighted by molar-refractivity contribution is 7.52. The minimum atomic E-state index is -4.15. The number of methoxy groups -OCH3 is 1. The molecule has 13 nitrogen and oxygen atoms in total. The normalized spacial score (nSPS) is 18.5. The number of rotatable bonds is 16. The summed E-state index contributed by atoms with van der Waals surface area (Å²) in [6.07, 6.45) is 5.06. The first kappa shape index (κ1) is 33.6. The number of anilines is 1. The summed E-state index contributed by atoms with van der Waals surface area (Å²) in [6.45, 7) is 6.28. The molecule has 1 aliphatic rings. The zero-order valence-electron chi connectivity index (χ0n) is 26.8. The number of fused-ring (bicyclic) bond motifs is 2. The highest BCUT2D eigenvalue weighted by atomic mass is 31.2. The minimum absolute atomic E-state index is 0.0570. The molecule has 0 spiro atoms. The number of imidazole rings is 1. The molecule has 248 valence electrons. The van der Waals surface area contributed by atoms with Gasteiger partial charge in [-0.3, -0.25) is 13.9 Å². The Morgan fingerprint density at radius 2 is 1.96 bits per heavy atom. The fourth-order valence-electron chi connectivity index (χ4n) is 5.40. The lowest BCUT2D eigenvalue weighted by Gasteiger charge is -2.27. The first-order valence-electron chi connectivity index (χ1n) is 15.8. The van der Waals surface area contributed by atoms with Crippen molar-refractivity contribution in [1.29, 1.82) is 0 Å². The summed E-state index contributed by atoms with van der Waals surface area (Å²) in [6, 6.07) is 12.3. The van der Waals surface area contributed by atoms with E-state index < -0.39 is 32.1 Å². The van der Waals surface area contributed by atoms with Gasteiger partial charge in [0.2, 0.25) is 0 Å². The van der Waals surface area contributed by atoms with Crippen LogP contribution in [0.25, 0.3) is 21.9 Å².